The number of hydrogen-bond acceptors (Lipinski definition) is 4. The van der Waals surface area contributed by atoms with Gasteiger partial charge in [-0.15, -0.1) is 0 Å². The van der Waals surface area contributed by atoms with E-state index in [0.717, 1.165) is 17.1 Å². The first-order valence-electron chi connectivity index (χ1n) is 6.19. The van der Waals surface area contributed by atoms with Crippen LogP contribution in [0.5, 0.6) is 0 Å². The molecule has 3 N–H and O–H groups in total. The molecule has 0 bridgehead atoms. The Morgan fingerprint density at radius 3 is 2.72 bits per heavy atom. The van der Waals surface area contributed by atoms with Gasteiger partial charge in [0.2, 0.25) is 0 Å². The highest BCUT2D eigenvalue weighted by atomic mass is 15.3. The van der Waals surface area contributed by atoms with Crippen LogP contribution >= 0.6 is 0 Å². The molecule has 3 rings (SSSR count). The van der Waals surface area contributed by atoms with Crippen LogP contribution in [0.2, 0.25) is 0 Å². The zero-order chi connectivity index (χ0) is 12.5. The van der Waals surface area contributed by atoms with E-state index >= 15 is 0 Å². The summed E-state index contributed by atoms with van der Waals surface area (Å²) in [4.78, 5) is 9.07. The maximum absolute atomic E-state index is 5.48. The second kappa shape index (κ2) is 4.38. The largest absolute Gasteiger partial charge is 0.308 e. The topological polar surface area (TPSA) is 63.8 Å². The van der Waals surface area contributed by atoms with Gasteiger partial charge in [0.05, 0.1) is 0 Å². The third-order valence-electron chi connectivity index (χ3n) is 3.17. The molecule has 0 unspecified atom stereocenters. The third kappa shape index (κ3) is 2.19. The molecule has 1 saturated carbocycles. The fourth-order valence-corrected chi connectivity index (χ4v) is 2.04. The van der Waals surface area contributed by atoms with E-state index in [1.807, 2.05) is 18.2 Å². The molecule has 0 spiro atoms. The molecule has 0 atom stereocenters. The fourth-order valence-electron chi connectivity index (χ4n) is 2.04. The number of hydrazine groups is 1. The molecule has 18 heavy (non-hydrogen) atoms. The van der Waals surface area contributed by atoms with Gasteiger partial charge in [0, 0.05) is 23.2 Å². The number of hydrogen-bond donors (Lipinski definition) is 2. The van der Waals surface area contributed by atoms with Crippen molar-refractivity contribution in [3.63, 3.8) is 0 Å². The summed E-state index contributed by atoms with van der Waals surface area (Å²) in [6, 6.07) is 10.1. The van der Waals surface area contributed by atoms with E-state index < -0.39 is 0 Å². The average Bonchev–Trinajstić information content (AvgIpc) is 3.22. The molecule has 0 radical (unpaired) electrons. The first kappa shape index (κ1) is 11.2. The molecule has 4 nitrogen and oxygen atoms in total. The maximum Gasteiger partial charge on any atom is 0.161 e. The summed E-state index contributed by atoms with van der Waals surface area (Å²) >= 11 is 0. The van der Waals surface area contributed by atoms with Crippen molar-refractivity contribution in [1.29, 1.82) is 0 Å². The Morgan fingerprint density at radius 2 is 2.06 bits per heavy atom. The predicted octanol–water partition coefficient (Wildman–Crippen LogP) is 2.62. The summed E-state index contributed by atoms with van der Waals surface area (Å²) in [6.07, 6.45) is 2.43. The van der Waals surface area contributed by atoms with Gasteiger partial charge in [-0.1, -0.05) is 23.8 Å². The second-order valence-electron chi connectivity index (χ2n) is 4.79. The highest BCUT2D eigenvalue weighted by molar-refractivity contribution is 5.58. The van der Waals surface area contributed by atoms with Crippen molar-refractivity contribution in [1.82, 2.24) is 9.97 Å². The van der Waals surface area contributed by atoms with E-state index in [0.29, 0.717) is 11.7 Å². The number of aryl methyl sites for hydroxylation is 1. The molecule has 1 heterocycles. The number of rotatable bonds is 3. The number of nitrogen functional groups attached to an aromatic ring is 1. The average molecular weight is 240 g/mol. The number of nitrogens with zero attached hydrogens (tertiary/aromatic N) is 2. The molecule has 1 aromatic carbocycles. The van der Waals surface area contributed by atoms with Crippen LogP contribution in [0.25, 0.3) is 11.4 Å². The van der Waals surface area contributed by atoms with Crippen LogP contribution < -0.4 is 11.3 Å². The molecule has 1 aromatic heterocycles. The first-order chi connectivity index (χ1) is 8.76. The lowest BCUT2D eigenvalue weighted by Gasteiger charge is -2.07. The Balaban J connectivity index is 2.07. The summed E-state index contributed by atoms with van der Waals surface area (Å²) in [5.74, 6) is 7.49. The van der Waals surface area contributed by atoms with Crippen molar-refractivity contribution in [3.8, 4) is 11.4 Å². The molecule has 0 saturated heterocycles. The van der Waals surface area contributed by atoms with Gasteiger partial charge in [-0.2, -0.15) is 0 Å². The SMILES string of the molecule is Cc1cccc(-c2nc(NN)cc(C3CC3)n2)c1. The fraction of sp³-hybridized carbons (Fsp3) is 0.286. The van der Waals surface area contributed by atoms with Crippen LogP contribution in [0.1, 0.15) is 30.0 Å². The van der Waals surface area contributed by atoms with E-state index in [1.54, 1.807) is 0 Å². The number of anilines is 1. The van der Waals surface area contributed by atoms with Gasteiger partial charge >= 0.3 is 0 Å². The first-order valence-corrected chi connectivity index (χ1v) is 6.19. The van der Waals surface area contributed by atoms with Gasteiger partial charge in [-0.3, -0.25) is 0 Å². The molecule has 0 aliphatic heterocycles. The van der Waals surface area contributed by atoms with E-state index in [-0.39, 0.29) is 0 Å². The second-order valence-corrected chi connectivity index (χ2v) is 4.79. The zero-order valence-corrected chi connectivity index (χ0v) is 10.4. The maximum atomic E-state index is 5.48. The lowest BCUT2D eigenvalue weighted by Crippen LogP contribution is -2.10. The van der Waals surface area contributed by atoms with Crippen molar-refractivity contribution in [2.45, 2.75) is 25.7 Å². The quantitative estimate of drug-likeness (QED) is 0.639. The molecule has 1 fully saturated rings. The van der Waals surface area contributed by atoms with Crippen molar-refractivity contribution >= 4 is 5.82 Å². The number of aromatic nitrogens is 2. The van der Waals surface area contributed by atoms with Crippen LogP contribution in [-0.2, 0) is 0 Å². The number of benzene rings is 1. The number of nitrogens with two attached hydrogens (primary N) is 1. The number of nitrogens with one attached hydrogen (secondary N) is 1. The molecular weight excluding hydrogens is 224 g/mol. The Kier molecular flexibility index (Phi) is 2.72. The van der Waals surface area contributed by atoms with Gasteiger partial charge in [-0.05, 0) is 25.8 Å². The van der Waals surface area contributed by atoms with Crippen molar-refractivity contribution < 1.29 is 0 Å². The van der Waals surface area contributed by atoms with Gasteiger partial charge in [-0.25, -0.2) is 15.8 Å². The van der Waals surface area contributed by atoms with E-state index in [4.69, 9.17) is 5.84 Å². The van der Waals surface area contributed by atoms with E-state index in [1.165, 1.54) is 18.4 Å². The highest BCUT2D eigenvalue weighted by Crippen LogP contribution is 2.40. The Morgan fingerprint density at radius 1 is 1.22 bits per heavy atom. The normalized spacial score (nSPS) is 14.6. The summed E-state index contributed by atoms with van der Waals surface area (Å²) in [5, 5.41) is 0. The Labute approximate surface area is 106 Å². The van der Waals surface area contributed by atoms with Gasteiger partial charge in [0.1, 0.15) is 5.82 Å². The minimum Gasteiger partial charge on any atom is -0.308 e. The molecular formula is C14H16N4. The summed E-state index contributed by atoms with van der Waals surface area (Å²) < 4.78 is 0. The van der Waals surface area contributed by atoms with Crippen LogP contribution in [0.3, 0.4) is 0 Å². The lowest BCUT2D eigenvalue weighted by molar-refractivity contribution is 0.991. The zero-order valence-electron chi connectivity index (χ0n) is 10.4. The summed E-state index contributed by atoms with van der Waals surface area (Å²) in [6.45, 7) is 2.07. The Bertz CT molecular complexity index is 576. The van der Waals surface area contributed by atoms with Gasteiger partial charge in [0.25, 0.3) is 0 Å². The van der Waals surface area contributed by atoms with Gasteiger partial charge in [0.15, 0.2) is 5.82 Å². The molecule has 1 aliphatic carbocycles. The Hall–Kier alpha value is -1.94. The molecule has 92 valence electrons. The van der Waals surface area contributed by atoms with Crippen LogP contribution in [-0.4, -0.2) is 9.97 Å². The third-order valence-corrected chi connectivity index (χ3v) is 3.17. The highest BCUT2D eigenvalue weighted by Gasteiger charge is 2.26. The van der Waals surface area contributed by atoms with Crippen LogP contribution in [0, 0.1) is 6.92 Å². The minimum absolute atomic E-state index is 0.587. The van der Waals surface area contributed by atoms with E-state index in [9.17, 15) is 0 Å². The monoisotopic (exact) mass is 240 g/mol. The standard InChI is InChI=1S/C14H16N4/c1-9-3-2-4-11(7-9)14-16-12(10-5-6-10)8-13(17-14)18-15/h2-4,7-8,10H,5-6,15H2,1H3,(H,16,17,18). The molecule has 0 amide bonds. The van der Waals surface area contributed by atoms with Crippen molar-refractivity contribution in [2.24, 2.45) is 5.84 Å². The molecule has 4 heteroatoms. The van der Waals surface area contributed by atoms with Crippen LogP contribution in [0.4, 0.5) is 5.82 Å². The smallest absolute Gasteiger partial charge is 0.161 e. The summed E-state index contributed by atoms with van der Waals surface area (Å²) in [7, 11) is 0. The van der Waals surface area contributed by atoms with E-state index in [2.05, 4.69) is 34.5 Å². The van der Waals surface area contributed by atoms with Gasteiger partial charge < -0.3 is 5.43 Å². The summed E-state index contributed by atoms with van der Waals surface area (Å²) in [5.41, 5.74) is 5.96. The molecule has 1 aliphatic rings. The van der Waals surface area contributed by atoms with Crippen molar-refractivity contribution in [3.05, 3.63) is 41.6 Å². The minimum atomic E-state index is 0.587. The van der Waals surface area contributed by atoms with Crippen molar-refractivity contribution in [2.75, 3.05) is 5.43 Å². The lowest BCUT2D eigenvalue weighted by atomic mass is 10.1. The molecule has 2 aromatic rings. The van der Waals surface area contributed by atoms with Crippen LogP contribution in [0.15, 0.2) is 30.3 Å². The predicted molar refractivity (Wildman–Crippen MR) is 72.0 cm³/mol.